The van der Waals surface area contributed by atoms with Gasteiger partial charge >= 0.3 is 0 Å². The molecule has 2 rings (SSSR count). The van der Waals surface area contributed by atoms with E-state index in [0.717, 1.165) is 0 Å². The van der Waals surface area contributed by atoms with Crippen molar-refractivity contribution >= 4 is 0 Å². The van der Waals surface area contributed by atoms with Gasteiger partial charge in [0.2, 0.25) is 0 Å². The largest absolute Gasteiger partial charge is 0.324 e. The standard InChI is InChI=1S/C14H21N/c1-14(2,3)12-9-8-10-6-4-5-7-11(10)13(12)15/h4-7,12-13H,8-9,15H2,1-3H3. The van der Waals surface area contributed by atoms with E-state index in [1.54, 1.807) is 0 Å². The lowest BCUT2D eigenvalue weighted by Gasteiger charge is -2.39. The normalized spacial score (nSPS) is 26.1. The molecule has 2 unspecified atom stereocenters. The lowest BCUT2D eigenvalue weighted by molar-refractivity contribution is 0.179. The van der Waals surface area contributed by atoms with E-state index < -0.39 is 0 Å². The Morgan fingerprint density at radius 2 is 1.87 bits per heavy atom. The number of hydrogen-bond acceptors (Lipinski definition) is 1. The van der Waals surface area contributed by atoms with Crippen molar-refractivity contribution in [2.45, 2.75) is 39.7 Å². The van der Waals surface area contributed by atoms with Gasteiger partial charge in [0.05, 0.1) is 0 Å². The van der Waals surface area contributed by atoms with Crippen molar-refractivity contribution < 1.29 is 0 Å². The second kappa shape index (κ2) is 3.64. The number of fused-ring (bicyclic) bond motifs is 1. The number of nitrogens with two attached hydrogens (primary N) is 1. The zero-order chi connectivity index (χ0) is 11.1. The van der Waals surface area contributed by atoms with Crippen LogP contribution in [0.25, 0.3) is 0 Å². The SMILES string of the molecule is CC(C)(C)C1CCc2ccccc2C1N. The Morgan fingerprint density at radius 3 is 2.53 bits per heavy atom. The van der Waals surface area contributed by atoms with Crippen LogP contribution in [0.3, 0.4) is 0 Å². The molecule has 1 aliphatic carbocycles. The van der Waals surface area contributed by atoms with E-state index >= 15 is 0 Å². The Morgan fingerprint density at radius 1 is 1.20 bits per heavy atom. The summed E-state index contributed by atoms with van der Waals surface area (Å²) in [5.41, 5.74) is 9.50. The lowest BCUT2D eigenvalue weighted by Crippen LogP contribution is -2.35. The number of benzene rings is 1. The first-order chi connectivity index (χ1) is 7.00. The molecule has 0 saturated heterocycles. The van der Waals surface area contributed by atoms with Crippen molar-refractivity contribution in [2.75, 3.05) is 0 Å². The summed E-state index contributed by atoms with van der Waals surface area (Å²) in [5.74, 6) is 0.604. The molecule has 1 aliphatic rings. The summed E-state index contributed by atoms with van der Waals surface area (Å²) in [6, 6.07) is 8.84. The van der Waals surface area contributed by atoms with Crippen LogP contribution in [0, 0.1) is 11.3 Å². The summed E-state index contributed by atoms with van der Waals surface area (Å²) in [4.78, 5) is 0. The van der Waals surface area contributed by atoms with Crippen molar-refractivity contribution in [1.82, 2.24) is 0 Å². The molecule has 1 aromatic rings. The fourth-order valence-electron chi connectivity index (χ4n) is 2.77. The summed E-state index contributed by atoms with van der Waals surface area (Å²) in [6.45, 7) is 6.89. The highest BCUT2D eigenvalue weighted by atomic mass is 14.7. The van der Waals surface area contributed by atoms with Gasteiger partial charge in [0, 0.05) is 6.04 Å². The van der Waals surface area contributed by atoms with E-state index in [1.807, 2.05) is 0 Å². The summed E-state index contributed by atoms with van der Waals surface area (Å²) in [6.07, 6.45) is 2.41. The van der Waals surface area contributed by atoms with Crippen LogP contribution in [0.15, 0.2) is 24.3 Å². The molecule has 82 valence electrons. The quantitative estimate of drug-likeness (QED) is 0.688. The van der Waals surface area contributed by atoms with Crippen molar-refractivity contribution in [2.24, 2.45) is 17.1 Å². The third-order valence-electron chi connectivity index (χ3n) is 3.68. The Labute approximate surface area is 92.7 Å². The Kier molecular flexibility index (Phi) is 2.59. The molecule has 0 amide bonds. The van der Waals surface area contributed by atoms with Crippen LogP contribution in [0.5, 0.6) is 0 Å². The maximum atomic E-state index is 6.38. The first-order valence-electron chi connectivity index (χ1n) is 5.83. The molecule has 0 heterocycles. The zero-order valence-electron chi connectivity index (χ0n) is 9.96. The van der Waals surface area contributed by atoms with Gasteiger partial charge in [0.25, 0.3) is 0 Å². The highest BCUT2D eigenvalue weighted by Crippen LogP contribution is 2.42. The maximum absolute atomic E-state index is 6.38. The molecule has 0 saturated carbocycles. The average molecular weight is 203 g/mol. The Balaban J connectivity index is 2.34. The molecule has 0 bridgehead atoms. The fraction of sp³-hybridized carbons (Fsp3) is 0.571. The van der Waals surface area contributed by atoms with E-state index in [-0.39, 0.29) is 6.04 Å². The first-order valence-corrected chi connectivity index (χ1v) is 5.83. The number of rotatable bonds is 0. The van der Waals surface area contributed by atoms with E-state index in [0.29, 0.717) is 11.3 Å². The molecule has 2 atom stereocenters. The van der Waals surface area contributed by atoms with E-state index in [9.17, 15) is 0 Å². The van der Waals surface area contributed by atoms with Gasteiger partial charge in [-0.1, -0.05) is 45.0 Å². The zero-order valence-corrected chi connectivity index (χ0v) is 9.96. The third kappa shape index (κ3) is 1.93. The minimum Gasteiger partial charge on any atom is -0.324 e. The predicted octanol–water partition coefficient (Wildman–Crippen LogP) is 3.29. The smallest absolute Gasteiger partial charge is 0.0331 e. The molecular formula is C14H21N. The Hall–Kier alpha value is -0.820. The van der Waals surface area contributed by atoms with Crippen LogP contribution in [-0.2, 0) is 6.42 Å². The van der Waals surface area contributed by atoms with Crippen LogP contribution in [0.2, 0.25) is 0 Å². The van der Waals surface area contributed by atoms with Crippen LogP contribution >= 0.6 is 0 Å². The summed E-state index contributed by atoms with van der Waals surface area (Å²) in [5, 5.41) is 0. The second-order valence-electron chi connectivity index (χ2n) is 5.74. The van der Waals surface area contributed by atoms with Gasteiger partial charge in [-0.25, -0.2) is 0 Å². The molecule has 2 N–H and O–H groups in total. The van der Waals surface area contributed by atoms with Gasteiger partial charge in [-0.3, -0.25) is 0 Å². The van der Waals surface area contributed by atoms with Crippen molar-refractivity contribution in [3.63, 3.8) is 0 Å². The number of hydrogen-bond donors (Lipinski definition) is 1. The van der Waals surface area contributed by atoms with Crippen LogP contribution in [0.4, 0.5) is 0 Å². The third-order valence-corrected chi connectivity index (χ3v) is 3.68. The highest BCUT2D eigenvalue weighted by molar-refractivity contribution is 5.33. The van der Waals surface area contributed by atoms with Gasteiger partial charge < -0.3 is 5.73 Å². The summed E-state index contributed by atoms with van der Waals surface area (Å²) < 4.78 is 0. The van der Waals surface area contributed by atoms with E-state index in [1.165, 1.54) is 24.0 Å². The molecular weight excluding hydrogens is 182 g/mol. The molecule has 1 heteroatoms. The molecule has 1 aromatic carbocycles. The lowest BCUT2D eigenvalue weighted by atomic mass is 9.68. The summed E-state index contributed by atoms with van der Waals surface area (Å²) >= 11 is 0. The van der Waals surface area contributed by atoms with E-state index in [4.69, 9.17) is 5.73 Å². The van der Waals surface area contributed by atoms with Crippen molar-refractivity contribution in [3.8, 4) is 0 Å². The molecule has 15 heavy (non-hydrogen) atoms. The minimum absolute atomic E-state index is 0.218. The molecule has 0 fully saturated rings. The predicted molar refractivity (Wildman–Crippen MR) is 64.6 cm³/mol. The summed E-state index contributed by atoms with van der Waals surface area (Å²) in [7, 11) is 0. The van der Waals surface area contributed by atoms with E-state index in [2.05, 4.69) is 45.0 Å². The Bertz CT molecular complexity index is 349. The van der Waals surface area contributed by atoms with Crippen LogP contribution in [0.1, 0.15) is 44.4 Å². The second-order valence-corrected chi connectivity index (χ2v) is 5.74. The number of aryl methyl sites for hydroxylation is 1. The maximum Gasteiger partial charge on any atom is 0.0331 e. The van der Waals surface area contributed by atoms with Crippen molar-refractivity contribution in [3.05, 3.63) is 35.4 Å². The van der Waals surface area contributed by atoms with Crippen molar-refractivity contribution in [1.29, 1.82) is 0 Å². The topological polar surface area (TPSA) is 26.0 Å². The van der Waals surface area contributed by atoms with Gasteiger partial charge in [0.1, 0.15) is 0 Å². The average Bonchev–Trinajstić information content (AvgIpc) is 2.16. The minimum atomic E-state index is 0.218. The van der Waals surface area contributed by atoms with Crippen LogP contribution in [-0.4, -0.2) is 0 Å². The molecule has 0 aliphatic heterocycles. The van der Waals surface area contributed by atoms with Gasteiger partial charge in [-0.15, -0.1) is 0 Å². The van der Waals surface area contributed by atoms with Crippen LogP contribution < -0.4 is 5.73 Å². The van der Waals surface area contributed by atoms with Gasteiger partial charge in [0.15, 0.2) is 0 Å². The highest BCUT2D eigenvalue weighted by Gasteiger charge is 2.34. The van der Waals surface area contributed by atoms with Gasteiger partial charge in [-0.05, 0) is 35.3 Å². The fourth-order valence-corrected chi connectivity index (χ4v) is 2.77. The first kappa shape index (κ1) is 10.7. The molecule has 0 aromatic heterocycles. The molecule has 1 nitrogen and oxygen atoms in total. The molecule has 0 radical (unpaired) electrons. The monoisotopic (exact) mass is 203 g/mol. The van der Waals surface area contributed by atoms with Gasteiger partial charge in [-0.2, -0.15) is 0 Å². The molecule has 0 spiro atoms.